The number of Topliss-reactive ketones (excluding diaryl/α,β-unsaturated/α-hetero) is 1. The summed E-state index contributed by atoms with van der Waals surface area (Å²) in [5.74, 6) is -0.192. The predicted octanol–water partition coefficient (Wildman–Crippen LogP) is 6.90. The Morgan fingerprint density at radius 1 is 0.828 bits per heavy atom. The van der Waals surface area contributed by atoms with E-state index in [0.717, 1.165) is 24.8 Å². The summed E-state index contributed by atoms with van der Waals surface area (Å²) in [6.45, 7) is 4.41. The molecule has 0 spiro atoms. The highest BCUT2D eigenvalue weighted by atomic mass is 16.5. The number of aryl methyl sites for hydroxylation is 1. The third-order valence-corrected chi connectivity index (χ3v) is 5.45. The highest BCUT2D eigenvalue weighted by Gasteiger charge is 2.23. The lowest BCUT2D eigenvalue weighted by Gasteiger charge is -2.13. The molecule has 1 aromatic carbocycles. The van der Waals surface area contributed by atoms with Gasteiger partial charge in [0.15, 0.2) is 5.78 Å². The smallest absolute Gasteiger partial charge is 0.347 e. The Balaban J connectivity index is 1.82. The molecule has 1 aromatic rings. The van der Waals surface area contributed by atoms with Crippen LogP contribution in [0.5, 0.6) is 5.75 Å². The normalized spacial score (nSPS) is 13.8. The van der Waals surface area contributed by atoms with Crippen LogP contribution in [0.15, 0.2) is 47.6 Å². The molecule has 0 amide bonds. The lowest BCUT2D eigenvalue weighted by atomic mass is 9.93. The van der Waals surface area contributed by atoms with Crippen molar-refractivity contribution in [2.45, 2.75) is 90.9 Å². The van der Waals surface area contributed by atoms with Crippen LogP contribution in [-0.2, 0) is 16.0 Å². The van der Waals surface area contributed by atoms with Crippen LogP contribution >= 0.6 is 0 Å². The summed E-state index contributed by atoms with van der Waals surface area (Å²) in [6, 6.07) is 7.66. The van der Waals surface area contributed by atoms with Crippen molar-refractivity contribution >= 4 is 11.8 Å². The third kappa shape index (κ3) is 8.39. The van der Waals surface area contributed by atoms with E-state index in [1.165, 1.54) is 56.9 Å². The highest BCUT2D eigenvalue weighted by Crippen LogP contribution is 2.23. The number of unbranched alkanes of at least 4 members (excludes halogenated alkanes) is 7. The average molecular weight is 397 g/mol. The highest BCUT2D eigenvalue weighted by molar-refractivity contribution is 6.19. The fourth-order valence-corrected chi connectivity index (χ4v) is 3.61. The van der Waals surface area contributed by atoms with Crippen LogP contribution in [0.4, 0.5) is 0 Å². The minimum Gasteiger partial charge on any atom is -0.423 e. The topological polar surface area (TPSA) is 43.4 Å². The van der Waals surface area contributed by atoms with E-state index in [0.29, 0.717) is 12.2 Å². The molecule has 0 aromatic heterocycles. The number of carbonyl (C=O) groups is 2. The molecule has 158 valence electrons. The van der Waals surface area contributed by atoms with Gasteiger partial charge in [0.1, 0.15) is 11.3 Å². The van der Waals surface area contributed by atoms with Crippen LogP contribution in [-0.4, -0.2) is 11.8 Å². The average Bonchev–Trinajstić information content (AvgIpc) is 2.72. The van der Waals surface area contributed by atoms with Crippen molar-refractivity contribution < 1.29 is 14.3 Å². The second kappa shape index (κ2) is 13.1. The van der Waals surface area contributed by atoms with Crippen LogP contribution in [0.2, 0.25) is 0 Å². The number of esters is 1. The molecule has 3 heteroatoms. The number of ketones is 1. The second-order valence-electron chi connectivity index (χ2n) is 8.01. The number of hydrogen-bond acceptors (Lipinski definition) is 3. The number of benzene rings is 1. The van der Waals surface area contributed by atoms with Gasteiger partial charge >= 0.3 is 5.97 Å². The maximum absolute atomic E-state index is 12.4. The van der Waals surface area contributed by atoms with Gasteiger partial charge in [0.05, 0.1) is 0 Å². The van der Waals surface area contributed by atoms with E-state index in [1.807, 2.05) is 30.3 Å². The first-order valence-electron chi connectivity index (χ1n) is 11.4. The standard InChI is InChI=1S/C26H36O3/c1-3-5-7-9-11-12-21-14-17-23(18-15-21)29-26(28)24-19-16-22(20-25(24)27)13-10-8-6-4-2/h14-19H,3-13,20H2,1-2H3. The van der Waals surface area contributed by atoms with Gasteiger partial charge in [0.2, 0.25) is 0 Å². The zero-order valence-electron chi connectivity index (χ0n) is 18.2. The van der Waals surface area contributed by atoms with E-state index in [2.05, 4.69) is 13.8 Å². The lowest BCUT2D eigenvalue weighted by Crippen LogP contribution is -2.20. The lowest BCUT2D eigenvalue weighted by molar-refractivity contribution is -0.132. The van der Waals surface area contributed by atoms with Gasteiger partial charge < -0.3 is 4.74 Å². The first-order chi connectivity index (χ1) is 14.1. The van der Waals surface area contributed by atoms with E-state index in [9.17, 15) is 9.59 Å². The van der Waals surface area contributed by atoms with Gasteiger partial charge in [0.25, 0.3) is 0 Å². The molecule has 0 atom stereocenters. The number of ether oxygens (including phenoxy) is 1. The summed E-state index contributed by atoms with van der Waals surface area (Å²) < 4.78 is 5.43. The largest absolute Gasteiger partial charge is 0.423 e. The van der Waals surface area contributed by atoms with Crippen molar-refractivity contribution in [3.05, 3.63) is 53.1 Å². The van der Waals surface area contributed by atoms with Crippen LogP contribution in [0.1, 0.15) is 90.0 Å². The molecule has 1 aliphatic rings. The van der Waals surface area contributed by atoms with Crippen molar-refractivity contribution in [1.29, 1.82) is 0 Å². The van der Waals surface area contributed by atoms with Crippen LogP contribution < -0.4 is 4.74 Å². The van der Waals surface area contributed by atoms with E-state index in [4.69, 9.17) is 4.74 Å². The molecule has 0 radical (unpaired) electrons. The Morgan fingerprint density at radius 2 is 1.45 bits per heavy atom. The molecule has 29 heavy (non-hydrogen) atoms. The Kier molecular flexibility index (Phi) is 10.5. The number of hydrogen-bond donors (Lipinski definition) is 0. The molecule has 2 rings (SSSR count). The van der Waals surface area contributed by atoms with E-state index in [1.54, 1.807) is 6.08 Å². The summed E-state index contributed by atoms with van der Waals surface area (Å²) in [5, 5.41) is 0. The van der Waals surface area contributed by atoms with Crippen molar-refractivity contribution in [2.24, 2.45) is 0 Å². The zero-order valence-corrected chi connectivity index (χ0v) is 18.2. The summed E-state index contributed by atoms with van der Waals surface area (Å²) >= 11 is 0. The van der Waals surface area contributed by atoms with Gasteiger partial charge in [-0.3, -0.25) is 4.79 Å². The molecular formula is C26H36O3. The molecule has 3 nitrogen and oxygen atoms in total. The van der Waals surface area contributed by atoms with Crippen molar-refractivity contribution in [2.75, 3.05) is 0 Å². The Labute approximate surface area is 176 Å². The molecule has 0 aliphatic heterocycles. The molecule has 0 N–H and O–H groups in total. The molecule has 0 bridgehead atoms. The molecule has 0 unspecified atom stereocenters. The molecule has 1 aliphatic carbocycles. The van der Waals surface area contributed by atoms with Crippen molar-refractivity contribution in [1.82, 2.24) is 0 Å². The molecule has 0 saturated carbocycles. The number of rotatable bonds is 13. The summed E-state index contributed by atoms with van der Waals surface area (Å²) in [4.78, 5) is 24.8. The van der Waals surface area contributed by atoms with E-state index < -0.39 is 5.97 Å². The molecular weight excluding hydrogens is 360 g/mol. The van der Waals surface area contributed by atoms with E-state index in [-0.39, 0.29) is 11.4 Å². The van der Waals surface area contributed by atoms with Crippen LogP contribution in [0.25, 0.3) is 0 Å². The first kappa shape index (κ1) is 23.1. The van der Waals surface area contributed by atoms with E-state index >= 15 is 0 Å². The fraction of sp³-hybridized carbons (Fsp3) is 0.538. The first-order valence-corrected chi connectivity index (χ1v) is 11.4. The number of carbonyl (C=O) groups excluding carboxylic acids is 2. The number of allylic oxidation sites excluding steroid dienone is 3. The van der Waals surface area contributed by atoms with Crippen LogP contribution in [0, 0.1) is 0 Å². The third-order valence-electron chi connectivity index (χ3n) is 5.45. The molecule has 0 heterocycles. The van der Waals surface area contributed by atoms with Gasteiger partial charge in [-0.05, 0) is 49.5 Å². The summed E-state index contributed by atoms with van der Waals surface area (Å²) in [7, 11) is 0. The minimum absolute atomic E-state index is 0.133. The summed E-state index contributed by atoms with van der Waals surface area (Å²) in [5.41, 5.74) is 2.53. The van der Waals surface area contributed by atoms with Gasteiger partial charge in [0, 0.05) is 6.42 Å². The zero-order chi connectivity index (χ0) is 20.9. The quantitative estimate of drug-likeness (QED) is 0.158. The van der Waals surface area contributed by atoms with Crippen LogP contribution in [0.3, 0.4) is 0 Å². The van der Waals surface area contributed by atoms with Gasteiger partial charge in [-0.25, -0.2) is 4.79 Å². The Bertz CT molecular complexity index is 710. The second-order valence-corrected chi connectivity index (χ2v) is 8.01. The van der Waals surface area contributed by atoms with Gasteiger partial charge in [-0.2, -0.15) is 0 Å². The SMILES string of the molecule is CCCCCCCc1ccc(OC(=O)C2=CC=C(CCCCCC)CC2=O)cc1. The fourth-order valence-electron chi connectivity index (χ4n) is 3.61. The molecule has 0 fully saturated rings. The maximum Gasteiger partial charge on any atom is 0.347 e. The minimum atomic E-state index is -0.552. The Hall–Kier alpha value is -2.16. The maximum atomic E-state index is 12.4. The predicted molar refractivity (Wildman–Crippen MR) is 119 cm³/mol. The molecule has 0 saturated heterocycles. The van der Waals surface area contributed by atoms with Crippen molar-refractivity contribution in [3.8, 4) is 5.75 Å². The monoisotopic (exact) mass is 396 g/mol. The van der Waals surface area contributed by atoms with Gasteiger partial charge in [-0.15, -0.1) is 0 Å². The van der Waals surface area contributed by atoms with Crippen molar-refractivity contribution in [3.63, 3.8) is 0 Å². The van der Waals surface area contributed by atoms with Gasteiger partial charge in [-0.1, -0.05) is 82.6 Å². The summed E-state index contributed by atoms with van der Waals surface area (Å²) in [6.07, 6.45) is 16.9. The Morgan fingerprint density at radius 3 is 2.10 bits per heavy atom.